The number of Topliss-reactive ketones (excluding diaryl/α,β-unsaturated/α-hetero) is 1. The second-order valence-electron chi connectivity index (χ2n) is 7.63. The van der Waals surface area contributed by atoms with Crippen molar-refractivity contribution in [3.8, 4) is 17.2 Å². The van der Waals surface area contributed by atoms with Crippen LogP contribution in [-0.2, 0) is 16.1 Å². The van der Waals surface area contributed by atoms with Crippen molar-refractivity contribution < 1.29 is 29.3 Å². The number of rotatable bonds is 8. The van der Waals surface area contributed by atoms with Crippen molar-refractivity contribution in [2.45, 2.75) is 33.4 Å². The highest BCUT2D eigenvalue weighted by Gasteiger charge is 2.44. The van der Waals surface area contributed by atoms with Gasteiger partial charge in [-0.3, -0.25) is 9.59 Å². The van der Waals surface area contributed by atoms with Gasteiger partial charge in [0.15, 0.2) is 23.0 Å². The van der Waals surface area contributed by atoms with Crippen LogP contribution in [0, 0.1) is 5.92 Å². The lowest BCUT2D eigenvalue weighted by Gasteiger charge is -2.28. The van der Waals surface area contributed by atoms with Crippen LogP contribution in [0.5, 0.6) is 17.2 Å². The van der Waals surface area contributed by atoms with Crippen LogP contribution >= 0.6 is 0 Å². The quantitative estimate of drug-likeness (QED) is 0.666. The van der Waals surface area contributed by atoms with Crippen molar-refractivity contribution in [3.05, 3.63) is 64.9 Å². The molecule has 0 saturated carbocycles. The zero-order chi connectivity index (χ0) is 22.7. The summed E-state index contributed by atoms with van der Waals surface area (Å²) in [6, 6.07) is 11.1. The summed E-state index contributed by atoms with van der Waals surface area (Å²) in [5, 5.41) is 20.7. The molecule has 0 aromatic heterocycles. The predicted octanol–water partition coefficient (Wildman–Crippen LogP) is 3.92. The maximum atomic E-state index is 13.0. The van der Waals surface area contributed by atoms with Gasteiger partial charge in [0, 0.05) is 12.5 Å². The Morgan fingerprint density at radius 3 is 2.39 bits per heavy atom. The van der Waals surface area contributed by atoms with Gasteiger partial charge in [-0.15, -0.1) is 0 Å². The molecule has 0 aliphatic carbocycles. The molecule has 3 rings (SSSR count). The smallest absolute Gasteiger partial charge is 0.290 e. The van der Waals surface area contributed by atoms with Gasteiger partial charge < -0.3 is 24.6 Å². The number of ketones is 1. The number of hydrogen-bond acceptors (Lipinski definition) is 6. The second kappa shape index (κ2) is 9.12. The maximum absolute atomic E-state index is 13.0. The summed E-state index contributed by atoms with van der Waals surface area (Å²) in [6.45, 7) is 5.75. The molecule has 7 heteroatoms. The lowest BCUT2D eigenvalue weighted by atomic mass is 9.91. The Kier molecular flexibility index (Phi) is 6.53. The van der Waals surface area contributed by atoms with E-state index in [1.165, 1.54) is 11.0 Å². The van der Waals surface area contributed by atoms with Crippen LogP contribution in [0.4, 0.5) is 0 Å². The Labute approximate surface area is 181 Å². The number of ether oxygens (including phenoxy) is 2. The Balaban J connectivity index is 2.07. The first-order valence-electron chi connectivity index (χ1n) is 10.1. The third-order valence-corrected chi connectivity index (χ3v) is 5.20. The molecule has 1 atom stereocenters. The average molecular weight is 425 g/mol. The highest BCUT2D eigenvalue weighted by molar-refractivity contribution is 6.09. The molecule has 1 heterocycles. The topological polar surface area (TPSA) is 96.3 Å². The van der Waals surface area contributed by atoms with Gasteiger partial charge >= 0.3 is 0 Å². The minimum Gasteiger partial charge on any atom is -0.504 e. The van der Waals surface area contributed by atoms with Crippen molar-refractivity contribution in [2.75, 3.05) is 13.7 Å². The number of aliphatic hydroxyl groups is 1. The first-order valence-corrected chi connectivity index (χ1v) is 10.1. The SMILES string of the molecule is CCOc1cc(C2C(C(=O)C(C)C)=C(O)C(=O)N2Cc2ccc(OC)cc2)ccc1O. The number of methoxy groups -OCH3 is 1. The van der Waals surface area contributed by atoms with Gasteiger partial charge in [0.05, 0.1) is 25.3 Å². The van der Waals surface area contributed by atoms with E-state index in [1.807, 2.05) is 12.1 Å². The Hall–Kier alpha value is -3.48. The summed E-state index contributed by atoms with van der Waals surface area (Å²) in [5.74, 6) is -0.971. The maximum Gasteiger partial charge on any atom is 0.290 e. The molecule has 1 aliphatic heterocycles. The van der Waals surface area contributed by atoms with E-state index in [-0.39, 0.29) is 29.4 Å². The van der Waals surface area contributed by atoms with Crippen LogP contribution in [0.1, 0.15) is 37.9 Å². The summed E-state index contributed by atoms with van der Waals surface area (Å²) in [4.78, 5) is 27.4. The molecule has 0 bridgehead atoms. The minimum atomic E-state index is -0.802. The molecule has 0 spiro atoms. The summed E-state index contributed by atoms with van der Waals surface area (Å²) >= 11 is 0. The van der Waals surface area contributed by atoms with Crippen LogP contribution in [0.3, 0.4) is 0 Å². The number of amides is 1. The van der Waals surface area contributed by atoms with E-state index in [0.29, 0.717) is 17.9 Å². The van der Waals surface area contributed by atoms with E-state index in [4.69, 9.17) is 9.47 Å². The van der Waals surface area contributed by atoms with E-state index in [9.17, 15) is 19.8 Å². The normalized spacial score (nSPS) is 16.2. The van der Waals surface area contributed by atoms with E-state index < -0.39 is 23.6 Å². The van der Waals surface area contributed by atoms with Gasteiger partial charge in [-0.25, -0.2) is 0 Å². The number of aromatic hydroxyl groups is 1. The number of aliphatic hydroxyl groups excluding tert-OH is 1. The number of phenolic OH excluding ortho intramolecular Hbond substituents is 1. The zero-order valence-corrected chi connectivity index (χ0v) is 18.1. The molecule has 2 N–H and O–H groups in total. The lowest BCUT2D eigenvalue weighted by Crippen LogP contribution is -2.31. The first kappa shape index (κ1) is 22.2. The third-order valence-electron chi connectivity index (χ3n) is 5.20. The van der Waals surface area contributed by atoms with Crippen LogP contribution in [0.25, 0.3) is 0 Å². The van der Waals surface area contributed by atoms with E-state index in [0.717, 1.165) is 5.56 Å². The average Bonchev–Trinajstić information content (AvgIpc) is 3.00. The molecular weight excluding hydrogens is 398 g/mol. The number of hydrogen-bond donors (Lipinski definition) is 2. The second-order valence-corrected chi connectivity index (χ2v) is 7.63. The van der Waals surface area contributed by atoms with E-state index >= 15 is 0 Å². The first-order chi connectivity index (χ1) is 14.8. The lowest BCUT2D eigenvalue weighted by molar-refractivity contribution is -0.130. The Morgan fingerprint density at radius 1 is 1.13 bits per heavy atom. The highest BCUT2D eigenvalue weighted by Crippen LogP contribution is 2.42. The molecule has 1 unspecified atom stereocenters. The molecule has 0 fully saturated rings. The molecule has 1 amide bonds. The zero-order valence-electron chi connectivity index (χ0n) is 18.1. The number of carbonyl (C=O) groups is 2. The van der Waals surface area contributed by atoms with Gasteiger partial charge in [0.2, 0.25) is 0 Å². The van der Waals surface area contributed by atoms with Crippen molar-refractivity contribution in [2.24, 2.45) is 5.92 Å². The highest BCUT2D eigenvalue weighted by atomic mass is 16.5. The Morgan fingerprint density at radius 2 is 1.81 bits per heavy atom. The van der Waals surface area contributed by atoms with Crippen LogP contribution in [0.2, 0.25) is 0 Å². The summed E-state index contributed by atoms with van der Waals surface area (Å²) in [5.41, 5.74) is 1.44. The van der Waals surface area contributed by atoms with Crippen molar-refractivity contribution in [3.63, 3.8) is 0 Å². The van der Waals surface area contributed by atoms with Gasteiger partial charge in [-0.05, 0) is 42.3 Å². The number of nitrogens with zero attached hydrogens (tertiary/aromatic N) is 1. The number of carbonyl (C=O) groups excluding carboxylic acids is 2. The summed E-state index contributed by atoms with van der Waals surface area (Å²) < 4.78 is 10.7. The monoisotopic (exact) mass is 425 g/mol. The van der Waals surface area contributed by atoms with Gasteiger partial charge in [-0.1, -0.05) is 32.0 Å². The third kappa shape index (κ3) is 4.35. The van der Waals surface area contributed by atoms with Crippen molar-refractivity contribution in [1.82, 2.24) is 4.90 Å². The molecular formula is C24H27NO6. The summed E-state index contributed by atoms with van der Waals surface area (Å²) in [6.07, 6.45) is 0. The Bertz CT molecular complexity index is 1010. The van der Waals surface area contributed by atoms with Gasteiger partial charge in [0.1, 0.15) is 5.75 Å². The molecule has 0 radical (unpaired) electrons. The fraction of sp³-hybridized carbons (Fsp3) is 0.333. The molecule has 7 nitrogen and oxygen atoms in total. The molecule has 2 aromatic carbocycles. The molecule has 31 heavy (non-hydrogen) atoms. The van der Waals surface area contributed by atoms with E-state index in [1.54, 1.807) is 52.1 Å². The molecule has 2 aromatic rings. The summed E-state index contributed by atoms with van der Waals surface area (Å²) in [7, 11) is 1.57. The van der Waals surface area contributed by atoms with Crippen molar-refractivity contribution >= 4 is 11.7 Å². The molecule has 0 saturated heterocycles. The number of benzene rings is 2. The standard InChI is InChI=1S/C24H27NO6/c1-5-31-19-12-16(8-11-18(19)26)21-20(22(27)14(2)3)23(28)24(29)25(21)13-15-6-9-17(30-4)10-7-15/h6-12,14,21,26,28H,5,13H2,1-4H3. The van der Waals surface area contributed by atoms with Crippen LogP contribution in [-0.4, -0.2) is 40.5 Å². The molecule has 164 valence electrons. The van der Waals surface area contributed by atoms with Crippen LogP contribution < -0.4 is 9.47 Å². The van der Waals surface area contributed by atoms with Crippen molar-refractivity contribution in [1.29, 1.82) is 0 Å². The fourth-order valence-electron chi connectivity index (χ4n) is 3.63. The number of phenols is 1. The van der Waals surface area contributed by atoms with E-state index in [2.05, 4.69) is 0 Å². The van der Waals surface area contributed by atoms with Crippen LogP contribution in [0.15, 0.2) is 53.8 Å². The predicted molar refractivity (Wildman–Crippen MR) is 115 cm³/mol. The molecule has 1 aliphatic rings. The van der Waals surface area contributed by atoms with Gasteiger partial charge in [0.25, 0.3) is 5.91 Å². The fourth-order valence-corrected chi connectivity index (χ4v) is 3.63. The minimum absolute atomic E-state index is 0.0402. The van der Waals surface area contributed by atoms with Gasteiger partial charge in [-0.2, -0.15) is 0 Å². The largest absolute Gasteiger partial charge is 0.504 e.